The van der Waals surface area contributed by atoms with Crippen molar-refractivity contribution in [2.75, 3.05) is 19.6 Å². The highest BCUT2D eigenvalue weighted by atomic mass is 32.1. The van der Waals surface area contributed by atoms with Crippen molar-refractivity contribution in [1.29, 1.82) is 0 Å². The van der Waals surface area contributed by atoms with Crippen LogP contribution in [0.5, 0.6) is 0 Å². The Kier molecular flexibility index (Phi) is 6.01. The molecule has 2 aromatic rings. The van der Waals surface area contributed by atoms with E-state index in [2.05, 4.69) is 32.4 Å². The molecule has 7 heteroatoms. The van der Waals surface area contributed by atoms with E-state index in [4.69, 9.17) is 0 Å². The Morgan fingerprint density at radius 3 is 2.96 bits per heavy atom. The van der Waals surface area contributed by atoms with Gasteiger partial charge in [0.2, 0.25) is 5.91 Å². The first kappa shape index (κ1) is 17.1. The molecular weight excluding hydrogens is 342 g/mol. The third-order valence-electron chi connectivity index (χ3n) is 4.13. The monoisotopic (exact) mass is 363 g/mol. The number of urea groups is 1. The molecule has 1 aliphatic heterocycles. The lowest BCUT2D eigenvalue weighted by Gasteiger charge is -2.23. The van der Waals surface area contributed by atoms with Gasteiger partial charge in [0.05, 0.1) is 6.54 Å². The van der Waals surface area contributed by atoms with Crippen LogP contribution in [0.3, 0.4) is 0 Å². The van der Waals surface area contributed by atoms with E-state index in [1.165, 1.54) is 10.4 Å². The van der Waals surface area contributed by atoms with Gasteiger partial charge >= 0.3 is 6.03 Å². The molecule has 1 aliphatic rings. The number of likely N-dealkylation sites (tertiary alicyclic amines) is 1. The number of carbonyl (C=O) groups excluding carboxylic acids is 2. The summed E-state index contributed by atoms with van der Waals surface area (Å²) < 4.78 is 0. The fourth-order valence-corrected chi connectivity index (χ4v) is 4.42. The smallest absolute Gasteiger partial charge is 0.321 e. The summed E-state index contributed by atoms with van der Waals surface area (Å²) in [6, 6.07) is 6.02. The summed E-state index contributed by atoms with van der Waals surface area (Å²) in [5.74, 6) is -0.245. The molecule has 0 radical (unpaired) electrons. The number of hydrogen-bond donors (Lipinski definition) is 2. The molecule has 1 unspecified atom stereocenters. The minimum Gasteiger partial charge on any atom is -0.337 e. The second-order valence-electron chi connectivity index (χ2n) is 5.82. The Morgan fingerprint density at radius 2 is 2.21 bits per heavy atom. The normalized spacial score (nSPS) is 17.8. The van der Waals surface area contributed by atoms with Crippen molar-refractivity contribution in [3.05, 3.63) is 44.8 Å². The number of imide groups is 1. The molecule has 0 aromatic carbocycles. The standard InChI is InChI=1S/C17H21N3O2S2/c21-16(19-17(22)18-7-5-14-3-2-9-24-14)11-20-8-1-4-15(20)13-6-10-23-12-13/h2-3,6,9-10,12,15H,1,4-5,7-8,11H2,(H2,18,19,21,22). The third kappa shape index (κ3) is 4.66. The highest BCUT2D eigenvalue weighted by Crippen LogP contribution is 2.32. The molecule has 0 bridgehead atoms. The first-order chi connectivity index (χ1) is 11.7. The number of nitrogens with zero attached hydrogens (tertiary/aromatic N) is 1. The van der Waals surface area contributed by atoms with Gasteiger partial charge in [0.1, 0.15) is 0 Å². The Bertz CT molecular complexity index is 655. The van der Waals surface area contributed by atoms with Crippen molar-refractivity contribution < 1.29 is 9.59 Å². The molecule has 3 rings (SSSR count). The van der Waals surface area contributed by atoms with Gasteiger partial charge in [0, 0.05) is 17.5 Å². The summed E-state index contributed by atoms with van der Waals surface area (Å²) >= 11 is 3.34. The van der Waals surface area contributed by atoms with E-state index >= 15 is 0 Å². The number of nitrogens with one attached hydrogen (secondary N) is 2. The van der Waals surface area contributed by atoms with Crippen molar-refractivity contribution >= 4 is 34.6 Å². The molecule has 1 saturated heterocycles. The number of rotatable bonds is 6. The zero-order valence-electron chi connectivity index (χ0n) is 13.4. The summed E-state index contributed by atoms with van der Waals surface area (Å²) in [6.07, 6.45) is 2.93. The maximum Gasteiger partial charge on any atom is 0.321 e. The molecule has 1 fully saturated rings. The van der Waals surface area contributed by atoms with Gasteiger partial charge in [-0.05, 0) is 59.6 Å². The molecule has 0 spiro atoms. The minimum absolute atomic E-state index is 0.245. The van der Waals surface area contributed by atoms with E-state index < -0.39 is 6.03 Å². The summed E-state index contributed by atoms with van der Waals surface area (Å²) in [5.41, 5.74) is 1.27. The number of carbonyl (C=O) groups is 2. The van der Waals surface area contributed by atoms with Crippen LogP contribution in [0, 0.1) is 0 Å². The van der Waals surface area contributed by atoms with Crippen LogP contribution in [0.25, 0.3) is 0 Å². The minimum atomic E-state index is -0.414. The van der Waals surface area contributed by atoms with Gasteiger partial charge in [-0.2, -0.15) is 11.3 Å². The SMILES string of the molecule is O=C(CN1CCCC1c1ccsc1)NC(=O)NCCc1cccs1. The molecule has 24 heavy (non-hydrogen) atoms. The topological polar surface area (TPSA) is 61.4 Å². The van der Waals surface area contributed by atoms with Gasteiger partial charge in [0.25, 0.3) is 0 Å². The Hall–Kier alpha value is -1.70. The molecule has 2 aromatic heterocycles. The predicted octanol–water partition coefficient (Wildman–Crippen LogP) is 3.02. The summed E-state index contributed by atoms with van der Waals surface area (Å²) in [7, 11) is 0. The van der Waals surface area contributed by atoms with Gasteiger partial charge in [0.15, 0.2) is 0 Å². The Morgan fingerprint density at radius 1 is 1.29 bits per heavy atom. The van der Waals surface area contributed by atoms with E-state index in [1.807, 2.05) is 17.5 Å². The van der Waals surface area contributed by atoms with Gasteiger partial charge < -0.3 is 5.32 Å². The molecule has 3 amide bonds. The fourth-order valence-electron chi connectivity index (χ4n) is 3.01. The molecule has 3 heterocycles. The molecule has 0 aliphatic carbocycles. The zero-order chi connectivity index (χ0) is 16.8. The molecule has 1 atom stereocenters. The zero-order valence-corrected chi connectivity index (χ0v) is 15.0. The van der Waals surface area contributed by atoms with Crippen LogP contribution in [0.4, 0.5) is 4.79 Å². The van der Waals surface area contributed by atoms with Crippen LogP contribution in [0.1, 0.15) is 29.3 Å². The van der Waals surface area contributed by atoms with E-state index in [-0.39, 0.29) is 12.5 Å². The molecule has 2 N–H and O–H groups in total. The maximum absolute atomic E-state index is 12.1. The van der Waals surface area contributed by atoms with Crippen molar-refractivity contribution in [2.24, 2.45) is 0 Å². The fraction of sp³-hybridized carbons (Fsp3) is 0.412. The van der Waals surface area contributed by atoms with Crippen LogP contribution in [-0.2, 0) is 11.2 Å². The van der Waals surface area contributed by atoms with Crippen molar-refractivity contribution in [1.82, 2.24) is 15.5 Å². The highest BCUT2D eigenvalue weighted by Gasteiger charge is 2.28. The number of hydrogen-bond acceptors (Lipinski definition) is 5. The molecule has 0 saturated carbocycles. The molecule has 5 nitrogen and oxygen atoms in total. The van der Waals surface area contributed by atoms with Gasteiger partial charge in [-0.15, -0.1) is 11.3 Å². The van der Waals surface area contributed by atoms with Crippen LogP contribution in [0.2, 0.25) is 0 Å². The molecule has 128 valence electrons. The van der Waals surface area contributed by atoms with Gasteiger partial charge in [-0.25, -0.2) is 4.79 Å². The van der Waals surface area contributed by atoms with Crippen molar-refractivity contribution in [3.63, 3.8) is 0 Å². The summed E-state index contributed by atoms with van der Waals surface area (Å²) in [5, 5.41) is 11.4. The number of amides is 3. The maximum atomic E-state index is 12.1. The van der Waals surface area contributed by atoms with Gasteiger partial charge in [-0.1, -0.05) is 6.07 Å². The van der Waals surface area contributed by atoms with Crippen LogP contribution in [-0.4, -0.2) is 36.5 Å². The van der Waals surface area contributed by atoms with E-state index in [0.29, 0.717) is 12.6 Å². The largest absolute Gasteiger partial charge is 0.337 e. The van der Waals surface area contributed by atoms with Crippen LogP contribution >= 0.6 is 22.7 Å². The Labute approximate surface area is 149 Å². The van der Waals surface area contributed by atoms with Crippen molar-refractivity contribution in [2.45, 2.75) is 25.3 Å². The molecular formula is C17H21N3O2S2. The second-order valence-corrected chi connectivity index (χ2v) is 7.63. The quantitative estimate of drug-likeness (QED) is 0.829. The Balaban J connectivity index is 1.40. The van der Waals surface area contributed by atoms with Crippen LogP contribution < -0.4 is 10.6 Å². The highest BCUT2D eigenvalue weighted by molar-refractivity contribution is 7.09. The average molecular weight is 364 g/mol. The van der Waals surface area contributed by atoms with Gasteiger partial charge in [-0.3, -0.25) is 15.0 Å². The van der Waals surface area contributed by atoms with Crippen LogP contribution in [0.15, 0.2) is 34.3 Å². The number of thiophene rings is 2. The summed E-state index contributed by atoms with van der Waals surface area (Å²) in [4.78, 5) is 27.3. The lowest BCUT2D eigenvalue weighted by atomic mass is 10.1. The lowest BCUT2D eigenvalue weighted by molar-refractivity contribution is -0.121. The summed E-state index contributed by atoms with van der Waals surface area (Å²) in [6.45, 7) is 1.69. The van der Waals surface area contributed by atoms with E-state index in [0.717, 1.165) is 25.8 Å². The third-order valence-corrected chi connectivity index (χ3v) is 5.77. The predicted molar refractivity (Wildman–Crippen MR) is 97.4 cm³/mol. The van der Waals surface area contributed by atoms with Crippen molar-refractivity contribution in [3.8, 4) is 0 Å². The van der Waals surface area contributed by atoms with E-state index in [1.54, 1.807) is 22.7 Å². The first-order valence-corrected chi connectivity index (χ1v) is 9.91. The first-order valence-electron chi connectivity index (χ1n) is 8.08. The second kappa shape index (κ2) is 8.41. The lowest BCUT2D eigenvalue weighted by Crippen LogP contribution is -2.44. The van der Waals surface area contributed by atoms with E-state index in [9.17, 15) is 9.59 Å². The average Bonchev–Trinajstić information content (AvgIpc) is 3.29.